The zero-order valence-electron chi connectivity index (χ0n) is 13.2. The molecule has 0 saturated carbocycles. The summed E-state index contributed by atoms with van der Waals surface area (Å²) >= 11 is 0. The molecule has 1 aromatic heterocycles. The van der Waals surface area contributed by atoms with E-state index in [1.165, 1.54) is 0 Å². The zero-order chi connectivity index (χ0) is 15.9. The number of H-pyrrole nitrogens is 1. The molecule has 0 saturated heterocycles. The fraction of sp³-hybridized carbons (Fsp3) is 0.353. The molecule has 0 bridgehead atoms. The van der Waals surface area contributed by atoms with Crippen LogP contribution in [0.25, 0.3) is 0 Å². The van der Waals surface area contributed by atoms with Crippen molar-refractivity contribution in [2.24, 2.45) is 0 Å². The van der Waals surface area contributed by atoms with Gasteiger partial charge in [-0.25, -0.2) is 0 Å². The van der Waals surface area contributed by atoms with Gasteiger partial charge in [0, 0.05) is 11.4 Å². The fourth-order valence-corrected chi connectivity index (χ4v) is 2.23. The second-order valence-electron chi connectivity index (χ2n) is 5.15. The van der Waals surface area contributed by atoms with E-state index in [9.17, 15) is 4.79 Å². The molecular formula is C17H22N2O3. The molecule has 2 N–H and O–H groups in total. The molecule has 2 rings (SSSR count). The number of ether oxygens (including phenoxy) is 2. The topological polar surface area (TPSA) is 63.4 Å². The smallest absolute Gasteiger partial charge is 0.224 e. The first kappa shape index (κ1) is 15.9. The Morgan fingerprint density at radius 3 is 2.45 bits per heavy atom. The van der Waals surface area contributed by atoms with E-state index in [0.29, 0.717) is 19.6 Å². The molecule has 22 heavy (non-hydrogen) atoms. The number of hydrogen-bond acceptors (Lipinski definition) is 3. The summed E-state index contributed by atoms with van der Waals surface area (Å²) in [7, 11) is 1.62. The van der Waals surface area contributed by atoms with Gasteiger partial charge in [-0.05, 0) is 49.7 Å². The van der Waals surface area contributed by atoms with Crippen LogP contribution in [0.5, 0.6) is 11.5 Å². The Hall–Kier alpha value is -2.43. The van der Waals surface area contributed by atoms with Gasteiger partial charge in [-0.3, -0.25) is 4.79 Å². The van der Waals surface area contributed by atoms with Gasteiger partial charge < -0.3 is 19.8 Å². The van der Waals surface area contributed by atoms with E-state index < -0.39 is 0 Å². The molecule has 118 valence electrons. The average Bonchev–Trinajstić information content (AvgIpc) is 2.82. The lowest BCUT2D eigenvalue weighted by atomic mass is 10.2. The maximum atomic E-state index is 11.9. The first-order valence-electron chi connectivity index (χ1n) is 7.27. The molecule has 0 atom stereocenters. The maximum Gasteiger partial charge on any atom is 0.224 e. The first-order valence-corrected chi connectivity index (χ1v) is 7.27. The van der Waals surface area contributed by atoms with Gasteiger partial charge in [-0.2, -0.15) is 0 Å². The maximum absolute atomic E-state index is 11.9. The Balaban J connectivity index is 1.69. The molecule has 0 aliphatic heterocycles. The van der Waals surface area contributed by atoms with Crippen LogP contribution < -0.4 is 14.8 Å². The minimum absolute atomic E-state index is 0.000399. The monoisotopic (exact) mass is 302 g/mol. The minimum Gasteiger partial charge on any atom is -0.497 e. The third-order valence-electron chi connectivity index (χ3n) is 3.36. The normalized spacial score (nSPS) is 10.3. The highest BCUT2D eigenvalue weighted by Gasteiger charge is 2.07. The minimum atomic E-state index is 0.000399. The van der Waals surface area contributed by atoms with Crippen LogP contribution in [-0.2, 0) is 11.2 Å². The quantitative estimate of drug-likeness (QED) is 0.772. The van der Waals surface area contributed by atoms with Crippen LogP contribution in [0.4, 0.5) is 0 Å². The molecule has 0 radical (unpaired) electrons. The highest BCUT2D eigenvalue weighted by molar-refractivity contribution is 5.78. The summed E-state index contributed by atoms with van der Waals surface area (Å²) in [6.07, 6.45) is 0.388. The number of rotatable bonds is 7. The van der Waals surface area contributed by atoms with Gasteiger partial charge in [0.2, 0.25) is 5.91 Å². The van der Waals surface area contributed by atoms with Crippen molar-refractivity contribution < 1.29 is 14.3 Å². The lowest BCUT2D eigenvalue weighted by Gasteiger charge is -2.08. The largest absolute Gasteiger partial charge is 0.497 e. The first-order chi connectivity index (χ1) is 10.6. The van der Waals surface area contributed by atoms with Crippen LogP contribution in [0.1, 0.15) is 17.0 Å². The summed E-state index contributed by atoms with van der Waals surface area (Å²) in [4.78, 5) is 15.1. The van der Waals surface area contributed by atoms with E-state index in [1.54, 1.807) is 7.11 Å². The van der Waals surface area contributed by atoms with Crippen molar-refractivity contribution in [1.29, 1.82) is 0 Å². The van der Waals surface area contributed by atoms with E-state index in [1.807, 2.05) is 44.2 Å². The van der Waals surface area contributed by atoms with Crippen LogP contribution in [0, 0.1) is 13.8 Å². The van der Waals surface area contributed by atoms with E-state index in [0.717, 1.165) is 28.5 Å². The second-order valence-corrected chi connectivity index (χ2v) is 5.15. The Morgan fingerprint density at radius 2 is 1.86 bits per heavy atom. The molecule has 0 aliphatic carbocycles. The zero-order valence-corrected chi connectivity index (χ0v) is 13.2. The van der Waals surface area contributed by atoms with Gasteiger partial charge in [-0.1, -0.05) is 0 Å². The van der Waals surface area contributed by atoms with Crippen LogP contribution in [0.15, 0.2) is 30.3 Å². The molecule has 1 heterocycles. The second kappa shape index (κ2) is 7.54. The van der Waals surface area contributed by atoms with Gasteiger partial charge in [-0.15, -0.1) is 0 Å². The summed E-state index contributed by atoms with van der Waals surface area (Å²) in [6.45, 7) is 4.87. The lowest BCUT2D eigenvalue weighted by molar-refractivity contribution is -0.120. The highest BCUT2D eigenvalue weighted by Crippen LogP contribution is 2.16. The van der Waals surface area contributed by atoms with Crippen molar-refractivity contribution >= 4 is 5.91 Å². The van der Waals surface area contributed by atoms with Gasteiger partial charge in [0.25, 0.3) is 0 Å². The molecule has 2 aromatic rings. The third kappa shape index (κ3) is 4.55. The van der Waals surface area contributed by atoms with Crippen LogP contribution >= 0.6 is 0 Å². The molecule has 5 nitrogen and oxygen atoms in total. The van der Waals surface area contributed by atoms with Crippen LogP contribution in [0.3, 0.4) is 0 Å². The van der Waals surface area contributed by atoms with E-state index in [4.69, 9.17) is 9.47 Å². The van der Waals surface area contributed by atoms with Crippen molar-refractivity contribution in [1.82, 2.24) is 10.3 Å². The molecular weight excluding hydrogens is 280 g/mol. The summed E-state index contributed by atoms with van der Waals surface area (Å²) in [5, 5.41) is 2.86. The Morgan fingerprint density at radius 1 is 1.18 bits per heavy atom. The van der Waals surface area contributed by atoms with Crippen molar-refractivity contribution in [3.63, 3.8) is 0 Å². The van der Waals surface area contributed by atoms with Crippen molar-refractivity contribution in [2.75, 3.05) is 20.3 Å². The molecule has 0 unspecified atom stereocenters. The molecule has 0 aliphatic rings. The standard InChI is InChI=1S/C17H22N2O3/c1-12-10-14(13(2)19-12)11-17(20)18-8-9-22-16-6-4-15(21-3)5-7-16/h4-7,10,19H,8-9,11H2,1-3H3,(H,18,20). The van der Waals surface area contributed by atoms with Crippen LogP contribution in [-0.4, -0.2) is 31.2 Å². The fourth-order valence-electron chi connectivity index (χ4n) is 2.23. The Bertz CT molecular complexity index is 617. The number of aromatic amines is 1. The summed E-state index contributed by atoms with van der Waals surface area (Å²) < 4.78 is 10.6. The number of nitrogens with one attached hydrogen (secondary N) is 2. The third-order valence-corrected chi connectivity index (χ3v) is 3.36. The number of amides is 1. The number of aryl methyl sites for hydroxylation is 2. The molecule has 0 fully saturated rings. The van der Waals surface area contributed by atoms with E-state index in [2.05, 4.69) is 10.3 Å². The van der Waals surface area contributed by atoms with Gasteiger partial charge in [0.15, 0.2) is 0 Å². The number of hydrogen-bond donors (Lipinski definition) is 2. The number of methoxy groups -OCH3 is 1. The van der Waals surface area contributed by atoms with Gasteiger partial charge in [0.1, 0.15) is 18.1 Å². The summed E-state index contributed by atoms with van der Waals surface area (Å²) in [6, 6.07) is 9.36. The molecule has 1 aromatic carbocycles. The summed E-state index contributed by atoms with van der Waals surface area (Å²) in [5.41, 5.74) is 3.15. The van der Waals surface area contributed by atoms with Crippen LogP contribution in [0.2, 0.25) is 0 Å². The van der Waals surface area contributed by atoms with Crippen molar-refractivity contribution in [2.45, 2.75) is 20.3 Å². The number of carbonyl (C=O) groups is 1. The average molecular weight is 302 g/mol. The van der Waals surface area contributed by atoms with Gasteiger partial charge in [0.05, 0.1) is 20.1 Å². The summed E-state index contributed by atoms with van der Waals surface area (Å²) in [5.74, 6) is 1.55. The molecule has 0 spiro atoms. The number of carbonyl (C=O) groups excluding carboxylic acids is 1. The van der Waals surface area contributed by atoms with Crippen molar-refractivity contribution in [3.05, 3.63) is 47.3 Å². The number of aromatic nitrogens is 1. The highest BCUT2D eigenvalue weighted by atomic mass is 16.5. The SMILES string of the molecule is COc1ccc(OCCNC(=O)Cc2cc(C)[nH]c2C)cc1. The number of benzene rings is 1. The Kier molecular flexibility index (Phi) is 5.47. The van der Waals surface area contributed by atoms with E-state index in [-0.39, 0.29) is 5.91 Å². The lowest BCUT2D eigenvalue weighted by Crippen LogP contribution is -2.29. The predicted octanol–water partition coefficient (Wildman–Crippen LogP) is 2.38. The molecule has 5 heteroatoms. The predicted molar refractivity (Wildman–Crippen MR) is 85.5 cm³/mol. The van der Waals surface area contributed by atoms with E-state index >= 15 is 0 Å². The molecule has 1 amide bonds. The van der Waals surface area contributed by atoms with Gasteiger partial charge >= 0.3 is 0 Å². The Labute approximate surface area is 130 Å². The van der Waals surface area contributed by atoms with Crippen molar-refractivity contribution in [3.8, 4) is 11.5 Å².